The minimum Gasteiger partial charge on any atom is -0.383 e. The molecule has 6 heteroatoms. The van der Waals surface area contributed by atoms with Crippen LogP contribution in [-0.4, -0.2) is 40.5 Å². The van der Waals surface area contributed by atoms with Crippen LogP contribution in [0.25, 0.3) is 0 Å². The Morgan fingerprint density at radius 3 is 2.35 bits per heavy atom. The van der Waals surface area contributed by atoms with Crippen LogP contribution < -0.4 is 10.0 Å². The first-order valence-electron chi connectivity index (χ1n) is 6.50. The van der Waals surface area contributed by atoms with Crippen LogP contribution in [-0.2, 0) is 14.8 Å². The summed E-state index contributed by atoms with van der Waals surface area (Å²) in [6, 6.07) is 9.98. The quantitative estimate of drug-likeness (QED) is 0.759. The van der Waals surface area contributed by atoms with Crippen molar-refractivity contribution in [3.8, 4) is 0 Å². The summed E-state index contributed by atoms with van der Waals surface area (Å²) in [5, 5.41) is 3.35. The third-order valence-electron chi connectivity index (χ3n) is 2.79. The zero-order valence-corrected chi connectivity index (χ0v) is 13.3. The number of ether oxygens (including phenoxy) is 1. The van der Waals surface area contributed by atoms with Crippen LogP contribution in [0.2, 0.25) is 0 Å². The van der Waals surface area contributed by atoms with Crippen molar-refractivity contribution < 1.29 is 13.2 Å². The maximum absolute atomic E-state index is 11.3. The number of benzene rings is 1. The Morgan fingerprint density at radius 1 is 1.25 bits per heavy atom. The largest absolute Gasteiger partial charge is 0.383 e. The number of methoxy groups -OCH3 is 1. The highest BCUT2D eigenvalue weighted by Gasteiger charge is 2.23. The third-order valence-corrected chi connectivity index (χ3v) is 3.71. The van der Waals surface area contributed by atoms with E-state index in [9.17, 15) is 8.42 Å². The van der Waals surface area contributed by atoms with Gasteiger partial charge < -0.3 is 10.1 Å². The molecular formula is C14H24N2O3S. The van der Waals surface area contributed by atoms with E-state index in [1.807, 2.05) is 44.2 Å². The van der Waals surface area contributed by atoms with Crippen molar-refractivity contribution in [3.05, 3.63) is 35.9 Å². The number of rotatable bonds is 8. The maximum atomic E-state index is 11.3. The van der Waals surface area contributed by atoms with Crippen molar-refractivity contribution in [2.75, 3.05) is 26.5 Å². The molecule has 0 saturated heterocycles. The zero-order valence-electron chi connectivity index (χ0n) is 12.5. The highest BCUT2D eigenvalue weighted by molar-refractivity contribution is 7.88. The molecule has 5 nitrogen and oxygen atoms in total. The predicted octanol–water partition coefficient (Wildman–Crippen LogP) is 1.29. The van der Waals surface area contributed by atoms with Crippen molar-refractivity contribution in [1.29, 1.82) is 0 Å². The van der Waals surface area contributed by atoms with E-state index < -0.39 is 15.6 Å². The normalized spacial score (nSPS) is 14.2. The lowest BCUT2D eigenvalue weighted by atomic mass is 10.0. The van der Waals surface area contributed by atoms with Gasteiger partial charge in [0.2, 0.25) is 10.0 Å². The second-order valence-electron chi connectivity index (χ2n) is 5.56. The number of sulfonamides is 1. The molecule has 0 heterocycles. The van der Waals surface area contributed by atoms with E-state index in [0.29, 0.717) is 13.2 Å². The highest BCUT2D eigenvalue weighted by atomic mass is 32.2. The Kier molecular flexibility index (Phi) is 6.13. The van der Waals surface area contributed by atoms with E-state index in [1.54, 1.807) is 7.11 Å². The second-order valence-corrected chi connectivity index (χ2v) is 7.31. The van der Waals surface area contributed by atoms with Crippen LogP contribution >= 0.6 is 0 Å². The SMILES string of the molecule is COCC(NCC(C)(C)NS(C)(=O)=O)c1ccccc1. The summed E-state index contributed by atoms with van der Waals surface area (Å²) < 4.78 is 30.5. The predicted molar refractivity (Wildman–Crippen MR) is 81.1 cm³/mol. The van der Waals surface area contributed by atoms with Crippen LogP contribution in [0.3, 0.4) is 0 Å². The summed E-state index contributed by atoms with van der Waals surface area (Å²) in [4.78, 5) is 0. The van der Waals surface area contributed by atoms with E-state index >= 15 is 0 Å². The minimum absolute atomic E-state index is 0.0295. The fraction of sp³-hybridized carbons (Fsp3) is 0.571. The van der Waals surface area contributed by atoms with Gasteiger partial charge in [0.15, 0.2) is 0 Å². The molecule has 0 fully saturated rings. The standard InChI is InChI=1S/C14H24N2O3S/c1-14(2,16-20(4,17)18)11-15-13(10-19-3)12-8-6-5-7-9-12/h5-9,13,15-16H,10-11H2,1-4H3. The topological polar surface area (TPSA) is 67.4 Å². The zero-order chi connectivity index (χ0) is 15.2. The van der Waals surface area contributed by atoms with Crippen molar-refractivity contribution in [3.63, 3.8) is 0 Å². The summed E-state index contributed by atoms with van der Waals surface area (Å²) in [6.45, 7) is 4.72. The number of hydrogen-bond donors (Lipinski definition) is 2. The number of hydrogen-bond acceptors (Lipinski definition) is 4. The molecule has 1 atom stereocenters. The molecule has 0 amide bonds. The summed E-state index contributed by atoms with van der Waals surface area (Å²) in [6.07, 6.45) is 1.17. The maximum Gasteiger partial charge on any atom is 0.209 e. The molecule has 0 radical (unpaired) electrons. The molecule has 20 heavy (non-hydrogen) atoms. The molecule has 2 N–H and O–H groups in total. The fourth-order valence-corrected chi connectivity index (χ4v) is 3.12. The first-order chi connectivity index (χ1) is 9.23. The lowest BCUT2D eigenvalue weighted by molar-refractivity contribution is 0.163. The first kappa shape index (κ1) is 17.1. The van der Waals surface area contributed by atoms with E-state index in [4.69, 9.17) is 4.74 Å². The molecule has 0 bridgehead atoms. The summed E-state index contributed by atoms with van der Waals surface area (Å²) in [7, 11) is -1.58. The average molecular weight is 300 g/mol. The Morgan fingerprint density at radius 2 is 1.85 bits per heavy atom. The highest BCUT2D eigenvalue weighted by Crippen LogP contribution is 2.14. The number of nitrogens with one attached hydrogen (secondary N) is 2. The molecule has 1 aromatic rings. The molecule has 1 rings (SSSR count). The molecule has 0 saturated carbocycles. The van der Waals surface area contributed by atoms with Gasteiger partial charge in [-0.15, -0.1) is 0 Å². The van der Waals surface area contributed by atoms with Gasteiger partial charge in [0.1, 0.15) is 0 Å². The molecule has 0 aliphatic heterocycles. The first-order valence-corrected chi connectivity index (χ1v) is 8.39. The lowest BCUT2D eigenvalue weighted by Gasteiger charge is -2.28. The van der Waals surface area contributed by atoms with Crippen LogP contribution in [0.4, 0.5) is 0 Å². The van der Waals surface area contributed by atoms with Gasteiger partial charge in [0.05, 0.1) is 18.9 Å². The van der Waals surface area contributed by atoms with Crippen LogP contribution in [0.5, 0.6) is 0 Å². The Balaban J connectivity index is 2.68. The van der Waals surface area contributed by atoms with Crippen LogP contribution in [0.1, 0.15) is 25.5 Å². The third kappa shape index (κ3) is 6.47. The molecule has 1 unspecified atom stereocenters. The van der Waals surface area contributed by atoms with E-state index in [0.717, 1.165) is 5.56 Å². The van der Waals surface area contributed by atoms with Gasteiger partial charge >= 0.3 is 0 Å². The van der Waals surface area contributed by atoms with Crippen LogP contribution in [0.15, 0.2) is 30.3 Å². The van der Waals surface area contributed by atoms with Gasteiger partial charge in [0, 0.05) is 19.2 Å². The second kappa shape index (κ2) is 7.17. The molecule has 0 spiro atoms. The Labute approximate surface area is 121 Å². The van der Waals surface area contributed by atoms with E-state index in [1.165, 1.54) is 6.26 Å². The molecule has 0 aliphatic rings. The van der Waals surface area contributed by atoms with Gasteiger partial charge in [-0.05, 0) is 19.4 Å². The Bertz CT molecular complexity index is 500. The van der Waals surface area contributed by atoms with Crippen molar-refractivity contribution in [1.82, 2.24) is 10.0 Å². The molecule has 1 aromatic carbocycles. The monoisotopic (exact) mass is 300 g/mol. The van der Waals surface area contributed by atoms with Gasteiger partial charge in [0.25, 0.3) is 0 Å². The van der Waals surface area contributed by atoms with E-state index in [2.05, 4.69) is 10.0 Å². The molecule has 0 aromatic heterocycles. The summed E-state index contributed by atoms with van der Waals surface area (Å²) in [5.41, 5.74) is 0.554. The van der Waals surface area contributed by atoms with Crippen molar-refractivity contribution in [2.45, 2.75) is 25.4 Å². The van der Waals surface area contributed by atoms with Gasteiger partial charge in [-0.1, -0.05) is 30.3 Å². The fourth-order valence-electron chi connectivity index (χ4n) is 2.04. The smallest absolute Gasteiger partial charge is 0.209 e. The summed E-state index contributed by atoms with van der Waals surface area (Å²) >= 11 is 0. The van der Waals surface area contributed by atoms with Gasteiger partial charge in [-0.25, -0.2) is 13.1 Å². The van der Waals surface area contributed by atoms with Gasteiger partial charge in [-0.3, -0.25) is 0 Å². The molecule has 0 aliphatic carbocycles. The molecule has 114 valence electrons. The lowest BCUT2D eigenvalue weighted by Crippen LogP contribution is -2.50. The average Bonchev–Trinajstić information content (AvgIpc) is 2.32. The molecular weight excluding hydrogens is 276 g/mol. The van der Waals surface area contributed by atoms with Crippen LogP contribution in [0, 0.1) is 0 Å². The van der Waals surface area contributed by atoms with Crippen molar-refractivity contribution in [2.24, 2.45) is 0 Å². The van der Waals surface area contributed by atoms with Crippen molar-refractivity contribution >= 4 is 10.0 Å². The Hall–Kier alpha value is -0.950. The van der Waals surface area contributed by atoms with Gasteiger partial charge in [-0.2, -0.15) is 0 Å². The summed E-state index contributed by atoms with van der Waals surface area (Å²) in [5.74, 6) is 0. The minimum atomic E-state index is -3.23. The van der Waals surface area contributed by atoms with E-state index in [-0.39, 0.29) is 6.04 Å².